The number of anilines is 1. The number of fused-ring (bicyclic) bond motifs is 5. The fraction of sp³-hybridized carbons (Fsp3) is 0.357. The summed E-state index contributed by atoms with van der Waals surface area (Å²) >= 11 is 0. The van der Waals surface area contributed by atoms with E-state index in [0.717, 1.165) is 58.4 Å². The van der Waals surface area contributed by atoms with E-state index in [2.05, 4.69) is 22.3 Å². The molecular weight excluding hydrogens is 440 g/mol. The number of nitrogens with zero attached hydrogens (tertiary/aromatic N) is 3. The third-order valence-electron chi connectivity index (χ3n) is 7.80. The Labute approximate surface area is 204 Å². The molecule has 0 bridgehead atoms. The van der Waals surface area contributed by atoms with Gasteiger partial charge in [0.15, 0.2) is 5.41 Å². The smallest absolute Gasteiger partial charge is 0.331 e. The van der Waals surface area contributed by atoms with E-state index >= 15 is 0 Å². The lowest BCUT2D eigenvalue weighted by Gasteiger charge is -2.53. The summed E-state index contributed by atoms with van der Waals surface area (Å²) in [7, 11) is 0. The Kier molecular flexibility index (Phi) is 4.91. The van der Waals surface area contributed by atoms with Gasteiger partial charge in [-0.15, -0.1) is 0 Å². The number of benzene rings is 2. The second-order valence-corrected chi connectivity index (χ2v) is 10.2. The minimum Gasteiger partial charge on any atom is -0.352 e. The average molecular weight is 469 g/mol. The molecule has 0 saturated carbocycles. The fourth-order valence-corrected chi connectivity index (χ4v) is 6.00. The molecule has 3 aliphatic rings. The number of carbonyl (C=O) groups is 3. The van der Waals surface area contributed by atoms with Crippen molar-refractivity contribution in [1.82, 2.24) is 15.2 Å². The van der Waals surface area contributed by atoms with Crippen LogP contribution in [0.1, 0.15) is 41.5 Å². The number of barbiturate groups is 1. The van der Waals surface area contributed by atoms with Gasteiger partial charge in [0.05, 0.1) is 18.1 Å². The SMILES string of the molecule is Cc1ccc(CN2C(=O)NC(=O)[C@]3(Cc4cc5cc(C)ccc5nc4N4CCCC[C@H]43)C2=O)cc1. The van der Waals surface area contributed by atoms with Gasteiger partial charge in [-0.05, 0) is 62.4 Å². The van der Waals surface area contributed by atoms with E-state index in [1.807, 2.05) is 50.2 Å². The van der Waals surface area contributed by atoms with Crippen LogP contribution in [0.2, 0.25) is 0 Å². The number of amides is 4. The minimum atomic E-state index is -1.36. The number of aryl methyl sites for hydroxylation is 2. The van der Waals surface area contributed by atoms with Gasteiger partial charge in [-0.3, -0.25) is 19.8 Å². The van der Waals surface area contributed by atoms with Crippen molar-refractivity contribution in [2.24, 2.45) is 5.41 Å². The highest BCUT2D eigenvalue weighted by Gasteiger charge is 2.62. The molecule has 1 aromatic heterocycles. The van der Waals surface area contributed by atoms with E-state index in [0.29, 0.717) is 6.42 Å². The molecule has 0 radical (unpaired) electrons. The van der Waals surface area contributed by atoms with Crippen molar-refractivity contribution in [2.75, 3.05) is 11.4 Å². The van der Waals surface area contributed by atoms with Gasteiger partial charge in [0.25, 0.3) is 0 Å². The zero-order valence-electron chi connectivity index (χ0n) is 20.0. The van der Waals surface area contributed by atoms with Crippen LogP contribution < -0.4 is 10.2 Å². The van der Waals surface area contributed by atoms with Gasteiger partial charge in [-0.2, -0.15) is 0 Å². The Bertz CT molecular complexity index is 1380. The first-order chi connectivity index (χ1) is 16.9. The molecule has 2 saturated heterocycles. The highest BCUT2D eigenvalue weighted by Crippen LogP contribution is 2.47. The van der Waals surface area contributed by atoms with E-state index in [1.54, 1.807) is 0 Å². The Morgan fingerprint density at radius 1 is 1.00 bits per heavy atom. The Morgan fingerprint density at radius 2 is 1.77 bits per heavy atom. The maximum atomic E-state index is 14.2. The van der Waals surface area contributed by atoms with E-state index in [1.165, 1.54) is 4.90 Å². The van der Waals surface area contributed by atoms with Crippen molar-refractivity contribution in [3.8, 4) is 0 Å². The summed E-state index contributed by atoms with van der Waals surface area (Å²) in [6.45, 7) is 4.89. The van der Waals surface area contributed by atoms with Crippen molar-refractivity contribution in [3.63, 3.8) is 0 Å². The van der Waals surface area contributed by atoms with Gasteiger partial charge >= 0.3 is 6.03 Å². The zero-order valence-corrected chi connectivity index (χ0v) is 20.0. The number of hydrogen-bond donors (Lipinski definition) is 1. The van der Waals surface area contributed by atoms with E-state index < -0.39 is 23.3 Å². The first-order valence-corrected chi connectivity index (χ1v) is 12.3. The standard InChI is InChI=1S/C28H28N4O3/c1-17-6-9-19(10-7-17)16-32-26(34)28(25(33)30-27(32)35)15-21-14-20-13-18(2)8-11-22(20)29-24(21)31-12-4-3-5-23(28)31/h6-11,13-14,23H,3-5,12,15-16H2,1-2H3,(H,30,33,35)/t23-,28+/m0/s1. The third-order valence-corrected chi connectivity index (χ3v) is 7.80. The molecule has 1 spiro atoms. The molecule has 0 aliphatic carbocycles. The van der Waals surface area contributed by atoms with Gasteiger partial charge in [-0.1, -0.05) is 41.5 Å². The predicted octanol–water partition coefficient (Wildman–Crippen LogP) is 4.03. The third kappa shape index (κ3) is 3.32. The first-order valence-electron chi connectivity index (χ1n) is 12.3. The number of hydrogen-bond acceptors (Lipinski definition) is 5. The molecule has 7 heteroatoms. The van der Waals surface area contributed by atoms with Gasteiger partial charge in [0, 0.05) is 18.4 Å². The molecule has 4 amide bonds. The molecule has 0 unspecified atom stereocenters. The second kappa shape index (κ2) is 7.90. The quantitative estimate of drug-likeness (QED) is 0.574. The summed E-state index contributed by atoms with van der Waals surface area (Å²) in [5.74, 6) is -0.0301. The van der Waals surface area contributed by atoms with Crippen LogP contribution >= 0.6 is 0 Å². The number of imide groups is 2. The summed E-state index contributed by atoms with van der Waals surface area (Å²) in [4.78, 5) is 49.0. The summed E-state index contributed by atoms with van der Waals surface area (Å²) in [6.07, 6.45) is 2.85. The minimum absolute atomic E-state index is 0.134. The van der Waals surface area contributed by atoms with Gasteiger partial charge in [0.1, 0.15) is 5.82 Å². The zero-order chi connectivity index (χ0) is 24.3. The number of carbonyl (C=O) groups excluding carboxylic acids is 3. The monoisotopic (exact) mass is 468 g/mol. The van der Waals surface area contributed by atoms with Crippen molar-refractivity contribution in [1.29, 1.82) is 0 Å². The predicted molar refractivity (Wildman–Crippen MR) is 133 cm³/mol. The molecule has 3 aromatic rings. The maximum Gasteiger partial charge on any atom is 0.331 e. The van der Waals surface area contributed by atoms with Gasteiger partial charge < -0.3 is 4.90 Å². The van der Waals surface area contributed by atoms with Crippen LogP contribution in [-0.2, 0) is 22.6 Å². The molecular formula is C28H28N4O3. The number of rotatable bonds is 2. The lowest BCUT2D eigenvalue weighted by molar-refractivity contribution is -0.154. The second-order valence-electron chi connectivity index (χ2n) is 10.2. The number of pyridine rings is 1. The van der Waals surface area contributed by atoms with E-state index in [-0.39, 0.29) is 19.0 Å². The lowest BCUT2D eigenvalue weighted by atomic mass is 9.66. The molecule has 4 heterocycles. The molecule has 178 valence electrons. The molecule has 1 N–H and O–H groups in total. The topological polar surface area (TPSA) is 82.6 Å². The summed E-state index contributed by atoms with van der Waals surface area (Å²) in [6, 6.07) is 15.0. The van der Waals surface area contributed by atoms with Crippen LogP contribution in [-0.4, -0.2) is 40.3 Å². The molecule has 7 nitrogen and oxygen atoms in total. The summed E-state index contributed by atoms with van der Waals surface area (Å²) in [5.41, 5.74) is 3.52. The highest BCUT2D eigenvalue weighted by molar-refractivity contribution is 6.20. The van der Waals surface area contributed by atoms with Crippen molar-refractivity contribution in [2.45, 2.75) is 52.1 Å². The molecule has 6 rings (SSSR count). The Balaban J connectivity index is 1.47. The molecule has 35 heavy (non-hydrogen) atoms. The summed E-state index contributed by atoms with van der Waals surface area (Å²) in [5, 5.41) is 3.53. The molecule has 3 aliphatic heterocycles. The van der Waals surface area contributed by atoms with Crippen LogP contribution in [0.3, 0.4) is 0 Å². The van der Waals surface area contributed by atoms with E-state index in [4.69, 9.17) is 4.98 Å². The lowest BCUT2D eigenvalue weighted by Crippen LogP contribution is -2.72. The first kappa shape index (κ1) is 21.8. The van der Waals surface area contributed by atoms with Gasteiger partial charge in [-0.25, -0.2) is 9.78 Å². The Hall–Kier alpha value is -3.74. The van der Waals surface area contributed by atoms with Crippen LogP contribution in [0, 0.1) is 19.3 Å². The van der Waals surface area contributed by atoms with E-state index in [9.17, 15) is 14.4 Å². The maximum absolute atomic E-state index is 14.2. The van der Waals surface area contributed by atoms with Crippen molar-refractivity contribution >= 4 is 34.6 Å². The normalized spacial score (nSPS) is 23.9. The molecule has 2 aromatic carbocycles. The molecule has 2 atom stereocenters. The number of piperidine rings is 1. The fourth-order valence-electron chi connectivity index (χ4n) is 6.00. The van der Waals surface area contributed by atoms with Gasteiger partial charge in [0.2, 0.25) is 11.8 Å². The molecule has 2 fully saturated rings. The van der Waals surface area contributed by atoms with Crippen LogP contribution in [0.4, 0.5) is 10.6 Å². The Morgan fingerprint density at radius 3 is 2.57 bits per heavy atom. The summed E-state index contributed by atoms with van der Waals surface area (Å²) < 4.78 is 0. The highest BCUT2D eigenvalue weighted by atomic mass is 16.2. The average Bonchev–Trinajstić information content (AvgIpc) is 2.85. The van der Waals surface area contributed by atoms with Crippen LogP contribution in [0.5, 0.6) is 0 Å². The number of aromatic nitrogens is 1. The van der Waals surface area contributed by atoms with Crippen molar-refractivity contribution in [3.05, 3.63) is 70.8 Å². The number of nitrogens with one attached hydrogen (secondary N) is 1. The largest absolute Gasteiger partial charge is 0.352 e. The van der Waals surface area contributed by atoms with Crippen LogP contribution in [0.25, 0.3) is 10.9 Å². The van der Waals surface area contributed by atoms with Crippen molar-refractivity contribution < 1.29 is 14.4 Å². The van der Waals surface area contributed by atoms with Crippen LogP contribution in [0.15, 0.2) is 48.5 Å². The number of urea groups is 1.